The van der Waals surface area contributed by atoms with E-state index in [1.54, 1.807) is 12.1 Å². The van der Waals surface area contributed by atoms with Gasteiger partial charge in [-0.15, -0.1) is 0 Å². The van der Waals surface area contributed by atoms with Gasteiger partial charge >= 0.3 is 0 Å². The van der Waals surface area contributed by atoms with E-state index in [4.69, 9.17) is 5.26 Å². The van der Waals surface area contributed by atoms with Gasteiger partial charge in [0.05, 0.1) is 15.7 Å². The highest BCUT2D eigenvalue weighted by atomic mass is 79.9. The van der Waals surface area contributed by atoms with Crippen molar-refractivity contribution in [3.63, 3.8) is 0 Å². The monoisotopic (exact) mass is 339 g/mol. The van der Waals surface area contributed by atoms with Crippen LogP contribution in [0.15, 0.2) is 16.6 Å². The summed E-state index contributed by atoms with van der Waals surface area (Å²) in [5, 5.41) is 8.89. The molecule has 1 aromatic rings. The van der Waals surface area contributed by atoms with Crippen LogP contribution in [0.5, 0.6) is 0 Å². The zero-order valence-corrected chi connectivity index (χ0v) is 13.5. The topological polar surface area (TPSA) is 30.3 Å². The molecule has 0 N–H and O–H groups in total. The highest BCUT2D eigenvalue weighted by molar-refractivity contribution is 9.10. The third kappa shape index (κ3) is 3.31. The van der Waals surface area contributed by atoms with Crippen LogP contribution in [0.1, 0.15) is 18.4 Å². The fourth-order valence-electron chi connectivity index (χ4n) is 2.65. The van der Waals surface area contributed by atoms with Crippen molar-refractivity contribution in [3.05, 3.63) is 28.0 Å². The van der Waals surface area contributed by atoms with Gasteiger partial charge in [0.2, 0.25) is 0 Å². The Kier molecular flexibility index (Phi) is 5.00. The molecule has 1 saturated heterocycles. The van der Waals surface area contributed by atoms with Crippen molar-refractivity contribution in [1.82, 2.24) is 4.90 Å². The van der Waals surface area contributed by atoms with Gasteiger partial charge in [-0.05, 0) is 67.0 Å². The number of hydrogen-bond donors (Lipinski definition) is 0. The number of nitriles is 1. The first-order valence-corrected chi connectivity index (χ1v) is 7.60. The first-order valence-electron chi connectivity index (χ1n) is 6.80. The SMILES string of the molecule is CN1CCC(CN(C)c2ccc(C#N)c(Br)c2F)CC1. The van der Waals surface area contributed by atoms with Crippen molar-refractivity contribution in [2.45, 2.75) is 12.8 Å². The van der Waals surface area contributed by atoms with Gasteiger partial charge in [-0.3, -0.25) is 0 Å². The van der Waals surface area contributed by atoms with E-state index >= 15 is 0 Å². The first kappa shape index (κ1) is 15.3. The van der Waals surface area contributed by atoms with E-state index in [0.717, 1.165) is 32.5 Å². The Labute approximate surface area is 128 Å². The Bertz CT molecular complexity index is 519. The highest BCUT2D eigenvalue weighted by Crippen LogP contribution is 2.29. The average molecular weight is 340 g/mol. The standard InChI is InChI=1S/C15H19BrFN3/c1-19-7-5-11(6-8-19)10-20(2)13-4-3-12(9-18)14(16)15(13)17/h3-4,11H,5-8,10H2,1-2H3. The summed E-state index contributed by atoms with van der Waals surface area (Å²) in [5.41, 5.74) is 0.883. The molecule has 0 aromatic heterocycles. The first-order chi connectivity index (χ1) is 9.52. The van der Waals surface area contributed by atoms with Crippen LogP contribution < -0.4 is 4.90 Å². The largest absolute Gasteiger partial charge is 0.372 e. The van der Waals surface area contributed by atoms with E-state index in [9.17, 15) is 4.39 Å². The second kappa shape index (κ2) is 6.55. The lowest BCUT2D eigenvalue weighted by Crippen LogP contribution is -2.36. The predicted octanol–water partition coefficient (Wildman–Crippen LogP) is 3.24. The maximum Gasteiger partial charge on any atom is 0.161 e. The van der Waals surface area contributed by atoms with Crippen molar-refractivity contribution in [1.29, 1.82) is 5.26 Å². The minimum atomic E-state index is -0.348. The van der Waals surface area contributed by atoms with E-state index in [2.05, 4.69) is 27.9 Å². The molecule has 0 amide bonds. The maximum absolute atomic E-state index is 14.3. The second-order valence-corrected chi connectivity index (χ2v) is 6.29. The van der Waals surface area contributed by atoms with E-state index in [0.29, 0.717) is 17.2 Å². The number of nitrogens with zero attached hydrogens (tertiary/aromatic N) is 3. The molecular weight excluding hydrogens is 321 g/mol. The number of piperidine rings is 1. The Morgan fingerprint density at radius 2 is 2.10 bits per heavy atom. The highest BCUT2D eigenvalue weighted by Gasteiger charge is 2.20. The summed E-state index contributed by atoms with van der Waals surface area (Å²) in [6.45, 7) is 3.07. The van der Waals surface area contributed by atoms with Crippen molar-refractivity contribution in [2.75, 3.05) is 38.6 Å². The lowest BCUT2D eigenvalue weighted by atomic mass is 9.96. The molecule has 0 aliphatic carbocycles. The smallest absolute Gasteiger partial charge is 0.161 e. The number of hydrogen-bond acceptors (Lipinski definition) is 3. The van der Waals surface area contributed by atoms with Crippen molar-refractivity contribution < 1.29 is 4.39 Å². The van der Waals surface area contributed by atoms with Crippen LogP contribution in [0.2, 0.25) is 0 Å². The van der Waals surface area contributed by atoms with Gasteiger partial charge in [-0.2, -0.15) is 5.26 Å². The summed E-state index contributed by atoms with van der Waals surface area (Å²) in [4.78, 5) is 4.28. The van der Waals surface area contributed by atoms with Crippen LogP contribution in [0.3, 0.4) is 0 Å². The second-order valence-electron chi connectivity index (χ2n) is 5.50. The molecule has 0 saturated carbocycles. The number of halogens is 2. The normalized spacial score (nSPS) is 16.9. The number of rotatable bonds is 3. The Balaban J connectivity index is 2.08. The molecule has 1 aromatic carbocycles. The summed E-state index contributed by atoms with van der Waals surface area (Å²) >= 11 is 3.16. The van der Waals surface area contributed by atoms with E-state index in [1.165, 1.54) is 0 Å². The summed E-state index contributed by atoms with van der Waals surface area (Å²) in [6.07, 6.45) is 2.31. The summed E-state index contributed by atoms with van der Waals surface area (Å²) in [7, 11) is 4.05. The summed E-state index contributed by atoms with van der Waals surface area (Å²) < 4.78 is 14.5. The third-order valence-electron chi connectivity index (χ3n) is 3.96. The number of anilines is 1. The van der Waals surface area contributed by atoms with Gasteiger partial charge < -0.3 is 9.80 Å². The molecule has 1 fully saturated rings. The molecule has 2 rings (SSSR count). The van der Waals surface area contributed by atoms with Crippen LogP contribution in [-0.2, 0) is 0 Å². The molecule has 20 heavy (non-hydrogen) atoms. The van der Waals surface area contributed by atoms with Crippen molar-refractivity contribution >= 4 is 21.6 Å². The lowest BCUT2D eigenvalue weighted by molar-refractivity contribution is 0.222. The van der Waals surface area contributed by atoms with Gasteiger partial charge in [0.25, 0.3) is 0 Å². The fourth-order valence-corrected chi connectivity index (χ4v) is 3.07. The molecule has 108 valence electrons. The molecule has 1 aliphatic heterocycles. The molecular formula is C15H19BrFN3. The van der Waals surface area contributed by atoms with Gasteiger partial charge in [0.1, 0.15) is 6.07 Å². The van der Waals surface area contributed by atoms with Gasteiger partial charge in [0, 0.05) is 13.6 Å². The zero-order valence-electron chi connectivity index (χ0n) is 11.9. The Morgan fingerprint density at radius 3 is 2.70 bits per heavy atom. The molecule has 1 aliphatic rings. The van der Waals surface area contributed by atoms with Crippen LogP contribution in [0.4, 0.5) is 10.1 Å². The van der Waals surface area contributed by atoms with Gasteiger partial charge in [0.15, 0.2) is 5.82 Å². The van der Waals surface area contributed by atoms with Crippen molar-refractivity contribution in [2.24, 2.45) is 5.92 Å². The summed E-state index contributed by atoms with van der Waals surface area (Å²) in [5.74, 6) is 0.254. The van der Waals surface area contributed by atoms with E-state index in [-0.39, 0.29) is 10.3 Å². The Morgan fingerprint density at radius 1 is 1.45 bits per heavy atom. The predicted molar refractivity (Wildman–Crippen MR) is 82.3 cm³/mol. The third-order valence-corrected chi connectivity index (χ3v) is 4.74. The molecule has 0 unspecified atom stereocenters. The molecule has 0 bridgehead atoms. The number of likely N-dealkylation sites (tertiary alicyclic amines) is 1. The van der Waals surface area contributed by atoms with Gasteiger partial charge in [-0.25, -0.2) is 4.39 Å². The van der Waals surface area contributed by atoms with Gasteiger partial charge in [-0.1, -0.05) is 0 Å². The average Bonchev–Trinajstić information content (AvgIpc) is 2.44. The minimum Gasteiger partial charge on any atom is -0.372 e. The van der Waals surface area contributed by atoms with E-state index in [1.807, 2.05) is 18.0 Å². The quantitative estimate of drug-likeness (QED) is 0.846. The van der Waals surface area contributed by atoms with Crippen LogP contribution in [0.25, 0.3) is 0 Å². The Hall–Kier alpha value is -1.12. The zero-order chi connectivity index (χ0) is 14.7. The lowest BCUT2D eigenvalue weighted by Gasteiger charge is -2.32. The van der Waals surface area contributed by atoms with E-state index < -0.39 is 0 Å². The molecule has 0 atom stereocenters. The van der Waals surface area contributed by atoms with Crippen LogP contribution in [-0.4, -0.2) is 38.6 Å². The minimum absolute atomic E-state index is 0.257. The van der Waals surface area contributed by atoms with Crippen LogP contribution >= 0.6 is 15.9 Å². The summed E-state index contributed by atoms with van der Waals surface area (Å²) in [6, 6.07) is 5.33. The fraction of sp³-hybridized carbons (Fsp3) is 0.533. The molecule has 3 nitrogen and oxygen atoms in total. The van der Waals surface area contributed by atoms with Crippen LogP contribution in [0, 0.1) is 23.1 Å². The maximum atomic E-state index is 14.3. The molecule has 1 heterocycles. The number of benzene rings is 1. The molecule has 5 heteroatoms. The molecule has 0 spiro atoms. The van der Waals surface area contributed by atoms with Crippen molar-refractivity contribution in [3.8, 4) is 6.07 Å². The molecule has 0 radical (unpaired) electrons.